The molecular formula is C12H16N2O2. The van der Waals surface area contributed by atoms with Gasteiger partial charge in [-0.1, -0.05) is 0 Å². The first-order chi connectivity index (χ1) is 7.58. The lowest BCUT2D eigenvalue weighted by Gasteiger charge is -2.30. The molecule has 1 saturated carbocycles. The molecule has 1 fully saturated rings. The van der Waals surface area contributed by atoms with Gasteiger partial charge >= 0.3 is 5.97 Å². The Morgan fingerprint density at radius 1 is 1.44 bits per heavy atom. The zero-order chi connectivity index (χ0) is 11.8. The summed E-state index contributed by atoms with van der Waals surface area (Å²) in [5, 5.41) is 9.34. The maximum absolute atomic E-state index is 11.4. The molecule has 1 atom stereocenters. The molecule has 0 radical (unpaired) electrons. The number of aromatic nitrogens is 1. The van der Waals surface area contributed by atoms with E-state index < -0.39 is 11.4 Å². The number of rotatable bonds is 4. The lowest BCUT2D eigenvalue weighted by molar-refractivity contribution is -0.146. The van der Waals surface area contributed by atoms with E-state index in [0.717, 1.165) is 18.4 Å². The molecule has 0 bridgehead atoms. The van der Waals surface area contributed by atoms with Crippen LogP contribution in [0.5, 0.6) is 0 Å². The van der Waals surface area contributed by atoms with Crippen molar-refractivity contribution in [2.45, 2.75) is 18.9 Å². The minimum absolute atomic E-state index is 0.0620. The van der Waals surface area contributed by atoms with Crippen LogP contribution in [0.4, 0.5) is 0 Å². The van der Waals surface area contributed by atoms with Gasteiger partial charge < -0.3 is 10.0 Å². The molecule has 1 unspecified atom stereocenters. The van der Waals surface area contributed by atoms with Crippen LogP contribution in [-0.4, -0.2) is 35.1 Å². The van der Waals surface area contributed by atoms with Gasteiger partial charge in [-0.3, -0.25) is 9.78 Å². The summed E-state index contributed by atoms with van der Waals surface area (Å²) in [6.07, 6.45) is 4.94. The topological polar surface area (TPSA) is 53.4 Å². The highest BCUT2D eigenvalue weighted by molar-refractivity contribution is 5.79. The fourth-order valence-electron chi connectivity index (χ4n) is 2.40. The number of aliphatic carboxylic acids is 1. The van der Waals surface area contributed by atoms with Crippen LogP contribution in [0.25, 0.3) is 0 Å². The van der Waals surface area contributed by atoms with Crippen LogP contribution >= 0.6 is 0 Å². The Bertz CT molecular complexity index is 385. The Labute approximate surface area is 94.9 Å². The molecule has 1 aliphatic carbocycles. The molecule has 0 saturated heterocycles. The van der Waals surface area contributed by atoms with Crippen molar-refractivity contribution in [3.63, 3.8) is 0 Å². The standard InChI is InChI=1S/C12H16N2O2/c1-14(2)10(9-3-7-13-8-4-9)12(5-6-12)11(15)16/h3-4,7-8,10H,5-6H2,1-2H3,(H,15,16). The van der Waals surface area contributed by atoms with Crippen molar-refractivity contribution in [3.05, 3.63) is 30.1 Å². The predicted molar refractivity (Wildman–Crippen MR) is 60.0 cm³/mol. The normalized spacial score (nSPS) is 19.4. The first-order valence-corrected chi connectivity index (χ1v) is 5.38. The van der Waals surface area contributed by atoms with E-state index in [9.17, 15) is 9.90 Å². The van der Waals surface area contributed by atoms with Crippen LogP contribution in [0.2, 0.25) is 0 Å². The van der Waals surface area contributed by atoms with Crippen molar-refractivity contribution in [2.75, 3.05) is 14.1 Å². The van der Waals surface area contributed by atoms with Gasteiger partial charge in [-0.05, 0) is 44.6 Å². The molecule has 1 aromatic heterocycles. The number of carboxylic acid groups (broad SMARTS) is 1. The summed E-state index contributed by atoms with van der Waals surface area (Å²) in [5.74, 6) is -0.692. The number of hydrogen-bond acceptors (Lipinski definition) is 3. The summed E-state index contributed by atoms with van der Waals surface area (Å²) in [4.78, 5) is 17.3. The molecule has 0 spiro atoms. The van der Waals surface area contributed by atoms with Gasteiger partial charge in [0.2, 0.25) is 0 Å². The second kappa shape index (κ2) is 3.87. The Balaban J connectivity index is 2.36. The van der Waals surface area contributed by atoms with E-state index in [1.807, 2.05) is 31.1 Å². The fourth-order valence-corrected chi connectivity index (χ4v) is 2.40. The van der Waals surface area contributed by atoms with E-state index in [-0.39, 0.29) is 6.04 Å². The van der Waals surface area contributed by atoms with Crippen LogP contribution < -0.4 is 0 Å². The average Bonchev–Trinajstić information content (AvgIpc) is 3.00. The van der Waals surface area contributed by atoms with Gasteiger partial charge in [-0.15, -0.1) is 0 Å². The summed E-state index contributed by atoms with van der Waals surface area (Å²) in [7, 11) is 3.85. The molecule has 4 nitrogen and oxygen atoms in total. The molecule has 1 aliphatic rings. The molecule has 1 heterocycles. The Morgan fingerprint density at radius 3 is 2.38 bits per heavy atom. The summed E-state index contributed by atoms with van der Waals surface area (Å²) in [5.41, 5.74) is 0.435. The molecular weight excluding hydrogens is 204 g/mol. The van der Waals surface area contributed by atoms with Gasteiger partial charge in [-0.25, -0.2) is 0 Å². The van der Waals surface area contributed by atoms with E-state index in [2.05, 4.69) is 4.98 Å². The zero-order valence-corrected chi connectivity index (χ0v) is 9.55. The van der Waals surface area contributed by atoms with E-state index in [0.29, 0.717) is 0 Å². The highest BCUT2D eigenvalue weighted by Crippen LogP contribution is 2.56. The minimum atomic E-state index is -0.692. The molecule has 4 heteroatoms. The summed E-state index contributed by atoms with van der Waals surface area (Å²) in [6, 6.07) is 3.73. The van der Waals surface area contributed by atoms with Gasteiger partial charge in [0.15, 0.2) is 0 Å². The molecule has 1 N–H and O–H groups in total. The number of carbonyl (C=O) groups is 1. The molecule has 0 amide bonds. The monoisotopic (exact) mass is 220 g/mol. The van der Waals surface area contributed by atoms with E-state index in [1.54, 1.807) is 12.4 Å². The largest absolute Gasteiger partial charge is 0.481 e. The molecule has 86 valence electrons. The quantitative estimate of drug-likeness (QED) is 0.836. The minimum Gasteiger partial charge on any atom is -0.481 e. The lowest BCUT2D eigenvalue weighted by Crippen LogP contribution is -2.33. The third-order valence-electron chi connectivity index (χ3n) is 3.28. The van der Waals surface area contributed by atoms with E-state index in [4.69, 9.17) is 0 Å². The first-order valence-electron chi connectivity index (χ1n) is 5.38. The summed E-state index contributed by atoms with van der Waals surface area (Å²) < 4.78 is 0. The van der Waals surface area contributed by atoms with E-state index in [1.165, 1.54) is 0 Å². The van der Waals surface area contributed by atoms with Crippen LogP contribution in [0.1, 0.15) is 24.4 Å². The number of nitrogens with zero attached hydrogens (tertiary/aromatic N) is 2. The molecule has 1 aromatic rings. The number of pyridine rings is 1. The smallest absolute Gasteiger partial charge is 0.311 e. The molecule has 0 aromatic carbocycles. The molecule has 2 rings (SSSR count). The van der Waals surface area contributed by atoms with Crippen LogP contribution in [0.15, 0.2) is 24.5 Å². The van der Waals surface area contributed by atoms with Crippen molar-refractivity contribution in [1.82, 2.24) is 9.88 Å². The van der Waals surface area contributed by atoms with Crippen LogP contribution in [0.3, 0.4) is 0 Å². The van der Waals surface area contributed by atoms with Crippen molar-refractivity contribution in [1.29, 1.82) is 0 Å². The van der Waals surface area contributed by atoms with Gasteiger partial charge in [-0.2, -0.15) is 0 Å². The second-order valence-electron chi connectivity index (χ2n) is 4.61. The van der Waals surface area contributed by atoms with Crippen molar-refractivity contribution >= 4 is 5.97 Å². The Kier molecular flexibility index (Phi) is 2.68. The third kappa shape index (κ3) is 1.69. The summed E-state index contributed by atoms with van der Waals surface area (Å²) in [6.45, 7) is 0. The Hall–Kier alpha value is -1.42. The maximum atomic E-state index is 11.4. The van der Waals surface area contributed by atoms with E-state index >= 15 is 0 Å². The van der Waals surface area contributed by atoms with Crippen LogP contribution in [0, 0.1) is 5.41 Å². The zero-order valence-electron chi connectivity index (χ0n) is 9.55. The lowest BCUT2D eigenvalue weighted by atomic mass is 9.90. The SMILES string of the molecule is CN(C)C(c1ccncc1)C1(C(=O)O)CC1. The van der Waals surface area contributed by atoms with Crippen molar-refractivity contribution in [2.24, 2.45) is 5.41 Å². The molecule has 16 heavy (non-hydrogen) atoms. The van der Waals surface area contributed by atoms with Crippen LogP contribution in [-0.2, 0) is 4.79 Å². The number of carboxylic acids is 1. The molecule has 0 aliphatic heterocycles. The highest BCUT2D eigenvalue weighted by Gasteiger charge is 2.57. The predicted octanol–water partition coefficient (Wildman–Crippen LogP) is 1.55. The highest BCUT2D eigenvalue weighted by atomic mass is 16.4. The first kappa shape index (κ1) is 11.1. The number of hydrogen-bond donors (Lipinski definition) is 1. The van der Waals surface area contributed by atoms with Crippen molar-refractivity contribution < 1.29 is 9.90 Å². The van der Waals surface area contributed by atoms with Crippen molar-refractivity contribution in [3.8, 4) is 0 Å². The second-order valence-corrected chi connectivity index (χ2v) is 4.61. The van der Waals surface area contributed by atoms with Gasteiger partial charge in [0.05, 0.1) is 11.5 Å². The summed E-state index contributed by atoms with van der Waals surface area (Å²) >= 11 is 0. The van der Waals surface area contributed by atoms with Gasteiger partial charge in [0.1, 0.15) is 0 Å². The maximum Gasteiger partial charge on any atom is 0.311 e. The average molecular weight is 220 g/mol. The van der Waals surface area contributed by atoms with Gasteiger partial charge in [0.25, 0.3) is 0 Å². The fraction of sp³-hybridized carbons (Fsp3) is 0.500. The third-order valence-corrected chi connectivity index (χ3v) is 3.28. The Morgan fingerprint density at radius 2 is 2.00 bits per heavy atom. The van der Waals surface area contributed by atoms with Gasteiger partial charge in [0, 0.05) is 12.4 Å².